The summed E-state index contributed by atoms with van der Waals surface area (Å²) in [7, 11) is 1.54. The zero-order chi connectivity index (χ0) is 9.30. The minimum absolute atomic E-state index is 0.0810. The van der Waals surface area contributed by atoms with E-state index in [1.807, 2.05) is 0 Å². The molecule has 1 aromatic rings. The van der Waals surface area contributed by atoms with Crippen LogP contribution in [0.15, 0.2) is 6.20 Å². The molecular weight excluding hydrogens is 160 g/mol. The molecule has 0 saturated carbocycles. The third-order valence-electron chi connectivity index (χ3n) is 1.40. The Balaban J connectivity index is 3.26. The molecular formula is C7H7N2O3-. The predicted molar refractivity (Wildman–Crippen MR) is 37.5 cm³/mol. The van der Waals surface area contributed by atoms with Crippen LogP contribution in [0.2, 0.25) is 0 Å². The number of rotatable bonds is 2. The Hall–Kier alpha value is -1.65. The largest absolute Gasteiger partial charge is 0.543 e. The van der Waals surface area contributed by atoms with Gasteiger partial charge in [0, 0.05) is 13.2 Å². The highest BCUT2D eigenvalue weighted by atomic mass is 16.4. The molecule has 0 spiro atoms. The number of aromatic nitrogens is 2. The van der Waals surface area contributed by atoms with E-state index >= 15 is 0 Å². The zero-order valence-electron chi connectivity index (χ0n) is 6.70. The van der Waals surface area contributed by atoms with Crippen molar-refractivity contribution in [3.05, 3.63) is 17.5 Å². The summed E-state index contributed by atoms with van der Waals surface area (Å²) in [5, 5.41) is 14.0. The quantitative estimate of drug-likeness (QED) is 0.529. The number of aromatic carboxylic acids is 1. The number of ketones is 1. The molecule has 1 aromatic heterocycles. The molecule has 0 radical (unpaired) electrons. The summed E-state index contributed by atoms with van der Waals surface area (Å²) < 4.78 is 1.27. The van der Waals surface area contributed by atoms with Crippen LogP contribution in [-0.4, -0.2) is 21.5 Å². The number of carbonyl (C=O) groups is 2. The molecule has 0 N–H and O–H groups in total. The Bertz CT molecular complexity index is 309. The Morgan fingerprint density at radius 3 is 2.50 bits per heavy atom. The SMILES string of the molecule is CC(=O)c1cn(C)nc1C(=O)[O-]. The normalized spacial score (nSPS) is 9.83. The van der Waals surface area contributed by atoms with E-state index in [0.717, 1.165) is 0 Å². The predicted octanol–water partition coefficient (Wildman–Crippen LogP) is -1.01. The molecule has 64 valence electrons. The number of carboxylic acids is 1. The van der Waals surface area contributed by atoms with Gasteiger partial charge in [0.2, 0.25) is 0 Å². The molecule has 5 nitrogen and oxygen atoms in total. The summed E-state index contributed by atoms with van der Waals surface area (Å²) in [4.78, 5) is 21.2. The maximum Gasteiger partial charge on any atom is 0.163 e. The first-order chi connectivity index (χ1) is 5.52. The van der Waals surface area contributed by atoms with Crippen molar-refractivity contribution in [1.82, 2.24) is 9.78 Å². The number of nitrogens with zero attached hydrogens (tertiary/aromatic N) is 2. The number of hydrogen-bond donors (Lipinski definition) is 0. The fraction of sp³-hybridized carbons (Fsp3) is 0.286. The van der Waals surface area contributed by atoms with Crippen molar-refractivity contribution >= 4 is 11.8 Å². The highest BCUT2D eigenvalue weighted by Crippen LogP contribution is 2.05. The molecule has 0 aliphatic carbocycles. The van der Waals surface area contributed by atoms with Crippen molar-refractivity contribution in [2.45, 2.75) is 6.92 Å². The van der Waals surface area contributed by atoms with Crippen LogP contribution in [0.5, 0.6) is 0 Å². The summed E-state index contributed by atoms with van der Waals surface area (Å²) in [6.07, 6.45) is 1.35. The molecule has 12 heavy (non-hydrogen) atoms. The molecule has 5 heteroatoms. The lowest BCUT2D eigenvalue weighted by Crippen LogP contribution is -2.24. The van der Waals surface area contributed by atoms with E-state index in [2.05, 4.69) is 5.10 Å². The van der Waals surface area contributed by atoms with E-state index in [4.69, 9.17) is 0 Å². The third kappa shape index (κ3) is 1.34. The Kier molecular flexibility index (Phi) is 1.95. The molecule has 0 fully saturated rings. The number of carbonyl (C=O) groups excluding carboxylic acids is 2. The molecule has 0 aliphatic rings. The van der Waals surface area contributed by atoms with Gasteiger partial charge in [-0.15, -0.1) is 0 Å². The van der Waals surface area contributed by atoms with E-state index in [0.29, 0.717) is 0 Å². The van der Waals surface area contributed by atoms with Crippen LogP contribution in [0.25, 0.3) is 0 Å². The highest BCUT2D eigenvalue weighted by molar-refractivity contribution is 6.02. The van der Waals surface area contributed by atoms with Gasteiger partial charge in [-0.3, -0.25) is 9.48 Å². The van der Waals surface area contributed by atoms with Gasteiger partial charge in [0.25, 0.3) is 0 Å². The first-order valence-corrected chi connectivity index (χ1v) is 3.28. The van der Waals surface area contributed by atoms with E-state index < -0.39 is 5.97 Å². The van der Waals surface area contributed by atoms with Gasteiger partial charge in [0.15, 0.2) is 5.78 Å². The van der Waals surface area contributed by atoms with Crippen molar-refractivity contribution < 1.29 is 14.7 Å². The van der Waals surface area contributed by atoms with Crippen LogP contribution in [0, 0.1) is 0 Å². The monoisotopic (exact) mass is 167 g/mol. The molecule has 0 amide bonds. The fourth-order valence-electron chi connectivity index (χ4n) is 0.897. The second-order valence-electron chi connectivity index (χ2n) is 2.41. The maximum atomic E-state index is 10.8. The van der Waals surface area contributed by atoms with Crippen LogP contribution in [-0.2, 0) is 7.05 Å². The van der Waals surface area contributed by atoms with E-state index in [1.54, 1.807) is 7.05 Å². The molecule has 0 bridgehead atoms. The van der Waals surface area contributed by atoms with Crippen LogP contribution in [0.1, 0.15) is 27.8 Å². The minimum atomic E-state index is -1.43. The number of aryl methyl sites for hydroxylation is 1. The standard InChI is InChI=1S/C7H8N2O3/c1-4(10)5-3-9(2)8-6(5)7(11)12/h3H,1-2H3,(H,11,12)/p-1. The van der Waals surface area contributed by atoms with Crippen LogP contribution in [0.4, 0.5) is 0 Å². The Morgan fingerprint density at radius 1 is 1.58 bits per heavy atom. The average molecular weight is 167 g/mol. The minimum Gasteiger partial charge on any atom is -0.543 e. The highest BCUT2D eigenvalue weighted by Gasteiger charge is 2.11. The van der Waals surface area contributed by atoms with Crippen molar-refractivity contribution in [1.29, 1.82) is 0 Å². The van der Waals surface area contributed by atoms with Crippen LogP contribution < -0.4 is 5.11 Å². The van der Waals surface area contributed by atoms with Crippen molar-refractivity contribution in [2.75, 3.05) is 0 Å². The smallest absolute Gasteiger partial charge is 0.163 e. The second kappa shape index (κ2) is 2.77. The number of carboxylic acid groups (broad SMARTS) is 1. The summed E-state index contributed by atoms with van der Waals surface area (Å²) in [5.74, 6) is -1.76. The zero-order valence-corrected chi connectivity index (χ0v) is 6.70. The molecule has 0 aromatic carbocycles. The van der Waals surface area contributed by atoms with Gasteiger partial charge < -0.3 is 9.90 Å². The fourth-order valence-corrected chi connectivity index (χ4v) is 0.897. The lowest BCUT2D eigenvalue weighted by molar-refractivity contribution is -0.255. The maximum absolute atomic E-state index is 10.8. The van der Waals surface area contributed by atoms with E-state index in [-0.39, 0.29) is 17.0 Å². The molecule has 0 saturated heterocycles. The first-order valence-electron chi connectivity index (χ1n) is 3.28. The molecule has 0 atom stereocenters. The molecule has 0 unspecified atom stereocenters. The van der Waals surface area contributed by atoms with Gasteiger partial charge in [-0.25, -0.2) is 0 Å². The molecule has 0 aliphatic heterocycles. The number of Topliss-reactive ketones (excluding diaryl/α,β-unsaturated/α-hetero) is 1. The van der Waals surface area contributed by atoms with Gasteiger partial charge in [-0.1, -0.05) is 0 Å². The van der Waals surface area contributed by atoms with Gasteiger partial charge in [0.05, 0.1) is 11.5 Å². The van der Waals surface area contributed by atoms with Gasteiger partial charge in [0.1, 0.15) is 5.69 Å². The Morgan fingerprint density at radius 2 is 2.17 bits per heavy atom. The van der Waals surface area contributed by atoms with Crippen LogP contribution >= 0.6 is 0 Å². The first kappa shape index (κ1) is 8.45. The van der Waals surface area contributed by atoms with Crippen LogP contribution in [0.3, 0.4) is 0 Å². The van der Waals surface area contributed by atoms with Crippen molar-refractivity contribution in [3.8, 4) is 0 Å². The second-order valence-corrected chi connectivity index (χ2v) is 2.41. The number of hydrogen-bond acceptors (Lipinski definition) is 4. The van der Waals surface area contributed by atoms with E-state index in [9.17, 15) is 14.7 Å². The summed E-state index contributed by atoms with van der Waals surface area (Å²) >= 11 is 0. The van der Waals surface area contributed by atoms with Gasteiger partial charge in [-0.05, 0) is 6.92 Å². The van der Waals surface area contributed by atoms with Gasteiger partial charge >= 0.3 is 0 Å². The Labute approximate surface area is 68.6 Å². The van der Waals surface area contributed by atoms with Crippen molar-refractivity contribution in [3.63, 3.8) is 0 Å². The van der Waals surface area contributed by atoms with E-state index in [1.165, 1.54) is 17.8 Å². The average Bonchev–Trinajstić information content (AvgIpc) is 2.31. The summed E-state index contributed by atoms with van der Waals surface area (Å²) in [5.41, 5.74) is -0.220. The third-order valence-corrected chi connectivity index (χ3v) is 1.40. The molecule has 1 heterocycles. The van der Waals surface area contributed by atoms with Gasteiger partial charge in [-0.2, -0.15) is 5.10 Å². The molecule has 1 rings (SSSR count). The lowest BCUT2D eigenvalue weighted by Gasteiger charge is -1.97. The van der Waals surface area contributed by atoms with Crippen molar-refractivity contribution in [2.24, 2.45) is 7.05 Å². The lowest BCUT2D eigenvalue weighted by atomic mass is 10.2. The topological polar surface area (TPSA) is 75.0 Å². The summed E-state index contributed by atoms with van der Waals surface area (Å²) in [6, 6.07) is 0. The summed E-state index contributed by atoms with van der Waals surface area (Å²) in [6.45, 7) is 1.28.